The molecular weight excluding hydrogens is 244 g/mol. The molecule has 0 radical (unpaired) electrons. The summed E-state index contributed by atoms with van der Waals surface area (Å²) in [7, 11) is 0. The lowest BCUT2D eigenvalue weighted by Gasteiger charge is -2.10. The maximum absolute atomic E-state index is 12.0. The molecule has 98 valence electrons. The fourth-order valence-corrected chi connectivity index (χ4v) is 1.63. The Hall–Kier alpha value is -2.56. The highest BCUT2D eigenvalue weighted by Gasteiger charge is 2.11. The van der Waals surface area contributed by atoms with Crippen LogP contribution < -0.4 is 14.8 Å². The van der Waals surface area contributed by atoms with Crippen molar-refractivity contribution in [1.29, 1.82) is 0 Å². The smallest absolute Gasteiger partial charge is 0.261 e. The van der Waals surface area contributed by atoms with Gasteiger partial charge in [-0.25, -0.2) is 0 Å². The summed E-state index contributed by atoms with van der Waals surface area (Å²) in [6.45, 7) is 2.38. The molecule has 1 amide bonds. The van der Waals surface area contributed by atoms with Crippen molar-refractivity contribution in [3.63, 3.8) is 0 Å². The van der Waals surface area contributed by atoms with Crippen LogP contribution in [-0.2, 0) is 0 Å². The van der Waals surface area contributed by atoms with Gasteiger partial charge in [0.05, 0.1) is 12.3 Å². The molecule has 0 unspecified atom stereocenters. The number of para-hydroxylation sites is 2. The van der Waals surface area contributed by atoms with Crippen LogP contribution in [0.2, 0.25) is 0 Å². The summed E-state index contributed by atoms with van der Waals surface area (Å²) in [4.78, 5) is 12.0. The molecule has 2 rings (SSSR count). The molecular formula is C14H14N2O3. The molecule has 0 atom stereocenters. The highest BCUT2D eigenvalue weighted by atomic mass is 16.5. The minimum Gasteiger partial charge on any atom is -0.619 e. The lowest BCUT2D eigenvalue weighted by Crippen LogP contribution is -2.27. The van der Waals surface area contributed by atoms with Crippen LogP contribution in [0.25, 0.3) is 0 Å². The molecule has 0 saturated carbocycles. The number of aromatic nitrogens is 1. The van der Waals surface area contributed by atoms with E-state index < -0.39 is 0 Å². The number of amides is 1. The standard InChI is InChI=1S/C14H14N2O3/c1-2-19-13-8-4-3-7-12(13)15-14(17)11-6-5-9-16(18)10-11/h3-10H,2H2,1H3,(H,15,17). The Bertz CT molecular complexity index is 584. The van der Waals surface area contributed by atoms with E-state index in [-0.39, 0.29) is 5.91 Å². The van der Waals surface area contributed by atoms with Gasteiger partial charge in [0.25, 0.3) is 5.91 Å². The quantitative estimate of drug-likeness (QED) is 0.673. The van der Waals surface area contributed by atoms with E-state index in [2.05, 4.69) is 5.32 Å². The third-order valence-corrected chi connectivity index (χ3v) is 2.47. The first-order chi connectivity index (χ1) is 9.20. The van der Waals surface area contributed by atoms with Crippen LogP contribution in [0.4, 0.5) is 5.69 Å². The Balaban J connectivity index is 2.19. The minimum absolute atomic E-state index is 0.295. The van der Waals surface area contributed by atoms with Gasteiger partial charge in [-0.3, -0.25) is 4.79 Å². The zero-order chi connectivity index (χ0) is 13.7. The van der Waals surface area contributed by atoms with Crippen molar-refractivity contribution in [2.24, 2.45) is 0 Å². The molecule has 0 bridgehead atoms. The van der Waals surface area contributed by atoms with Gasteiger partial charge in [-0.15, -0.1) is 0 Å². The lowest BCUT2D eigenvalue weighted by molar-refractivity contribution is -0.605. The summed E-state index contributed by atoms with van der Waals surface area (Å²) >= 11 is 0. The van der Waals surface area contributed by atoms with Gasteiger partial charge in [-0.05, 0) is 25.1 Å². The number of hydrogen-bond acceptors (Lipinski definition) is 3. The number of benzene rings is 1. The van der Waals surface area contributed by atoms with E-state index in [0.29, 0.717) is 28.3 Å². The molecule has 19 heavy (non-hydrogen) atoms. The van der Waals surface area contributed by atoms with Crippen LogP contribution in [0, 0.1) is 5.21 Å². The second kappa shape index (κ2) is 5.86. The summed E-state index contributed by atoms with van der Waals surface area (Å²) in [5, 5.41) is 13.9. The second-order valence-electron chi connectivity index (χ2n) is 3.84. The van der Waals surface area contributed by atoms with Crippen molar-refractivity contribution in [2.45, 2.75) is 6.92 Å². The van der Waals surface area contributed by atoms with Gasteiger partial charge in [0.15, 0.2) is 12.4 Å². The molecule has 1 N–H and O–H groups in total. The number of ether oxygens (including phenoxy) is 1. The first-order valence-corrected chi connectivity index (χ1v) is 5.92. The summed E-state index contributed by atoms with van der Waals surface area (Å²) < 4.78 is 6.00. The largest absolute Gasteiger partial charge is 0.619 e. The molecule has 2 aromatic rings. The summed E-state index contributed by atoms with van der Waals surface area (Å²) in [6.07, 6.45) is 2.55. The van der Waals surface area contributed by atoms with E-state index in [1.807, 2.05) is 13.0 Å². The van der Waals surface area contributed by atoms with Crippen LogP contribution in [0.5, 0.6) is 5.75 Å². The normalized spacial score (nSPS) is 9.95. The highest BCUT2D eigenvalue weighted by Crippen LogP contribution is 2.24. The monoisotopic (exact) mass is 258 g/mol. The fourth-order valence-electron chi connectivity index (χ4n) is 1.63. The van der Waals surface area contributed by atoms with Gasteiger partial charge in [-0.2, -0.15) is 4.73 Å². The SMILES string of the molecule is CCOc1ccccc1NC(=O)c1ccc[n+]([O-])c1. The van der Waals surface area contributed by atoms with Crippen molar-refractivity contribution in [2.75, 3.05) is 11.9 Å². The van der Waals surface area contributed by atoms with Crippen molar-refractivity contribution >= 4 is 11.6 Å². The Morgan fingerprint density at radius 2 is 2.11 bits per heavy atom. The average molecular weight is 258 g/mol. The van der Waals surface area contributed by atoms with Crippen LogP contribution >= 0.6 is 0 Å². The molecule has 0 aliphatic heterocycles. The fraction of sp³-hybridized carbons (Fsp3) is 0.143. The Morgan fingerprint density at radius 3 is 2.84 bits per heavy atom. The Kier molecular flexibility index (Phi) is 3.97. The summed E-state index contributed by atoms with van der Waals surface area (Å²) in [6, 6.07) is 10.3. The van der Waals surface area contributed by atoms with Crippen LogP contribution in [0.15, 0.2) is 48.8 Å². The van der Waals surface area contributed by atoms with Crippen molar-refractivity contribution < 1.29 is 14.3 Å². The average Bonchev–Trinajstić information content (AvgIpc) is 2.41. The third-order valence-electron chi connectivity index (χ3n) is 2.47. The number of nitrogens with one attached hydrogen (secondary N) is 1. The zero-order valence-corrected chi connectivity index (χ0v) is 10.5. The number of carbonyl (C=O) groups excluding carboxylic acids is 1. The van der Waals surface area contributed by atoms with E-state index in [1.165, 1.54) is 18.5 Å². The first-order valence-electron chi connectivity index (χ1n) is 5.92. The Morgan fingerprint density at radius 1 is 1.32 bits per heavy atom. The molecule has 1 heterocycles. The summed E-state index contributed by atoms with van der Waals surface area (Å²) in [5.74, 6) is 0.252. The lowest BCUT2D eigenvalue weighted by atomic mass is 10.2. The second-order valence-corrected chi connectivity index (χ2v) is 3.84. The predicted molar refractivity (Wildman–Crippen MR) is 71.0 cm³/mol. The highest BCUT2D eigenvalue weighted by molar-refractivity contribution is 6.04. The Labute approximate surface area is 111 Å². The molecule has 5 heteroatoms. The van der Waals surface area contributed by atoms with Gasteiger partial charge in [0, 0.05) is 6.07 Å². The van der Waals surface area contributed by atoms with Crippen molar-refractivity contribution in [1.82, 2.24) is 0 Å². The number of hydrogen-bond donors (Lipinski definition) is 1. The van der Waals surface area contributed by atoms with Crippen LogP contribution in [-0.4, -0.2) is 12.5 Å². The van der Waals surface area contributed by atoms with Crippen molar-refractivity contribution in [3.8, 4) is 5.75 Å². The molecule has 0 aliphatic rings. The number of pyridine rings is 1. The van der Waals surface area contributed by atoms with E-state index in [1.54, 1.807) is 24.3 Å². The van der Waals surface area contributed by atoms with E-state index in [0.717, 1.165) is 0 Å². The zero-order valence-electron chi connectivity index (χ0n) is 10.5. The first kappa shape index (κ1) is 12.9. The van der Waals surface area contributed by atoms with Gasteiger partial charge in [0.2, 0.25) is 0 Å². The minimum atomic E-state index is -0.350. The van der Waals surface area contributed by atoms with Gasteiger partial charge >= 0.3 is 0 Å². The molecule has 0 spiro atoms. The maximum Gasteiger partial charge on any atom is 0.261 e. The van der Waals surface area contributed by atoms with E-state index >= 15 is 0 Å². The summed E-state index contributed by atoms with van der Waals surface area (Å²) in [5.41, 5.74) is 0.874. The van der Waals surface area contributed by atoms with E-state index in [9.17, 15) is 10.0 Å². The molecule has 0 saturated heterocycles. The number of rotatable bonds is 4. The van der Waals surface area contributed by atoms with Gasteiger partial charge in [0.1, 0.15) is 11.3 Å². The molecule has 1 aromatic heterocycles. The van der Waals surface area contributed by atoms with Gasteiger partial charge < -0.3 is 15.3 Å². The molecule has 0 fully saturated rings. The molecule has 1 aromatic carbocycles. The number of anilines is 1. The molecule has 5 nitrogen and oxygen atoms in total. The van der Waals surface area contributed by atoms with Crippen LogP contribution in [0.1, 0.15) is 17.3 Å². The van der Waals surface area contributed by atoms with Gasteiger partial charge in [-0.1, -0.05) is 12.1 Å². The van der Waals surface area contributed by atoms with Crippen LogP contribution in [0.3, 0.4) is 0 Å². The van der Waals surface area contributed by atoms with Crippen molar-refractivity contribution in [3.05, 3.63) is 59.6 Å². The maximum atomic E-state index is 12.0. The third kappa shape index (κ3) is 3.22. The number of nitrogens with zero attached hydrogens (tertiary/aromatic N) is 1. The van der Waals surface area contributed by atoms with E-state index in [4.69, 9.17) is 4.74 Å². The number of carbonyl (C=O) groups is 1. The topological polar surface area (TPSA) is 65.3 Å². The predicted octanol–water partition coefficient (Wildman–Crippen LogP) is 1.97. The molecule has 0 aliphatic carbocycles.